The largest absolute Gasteiger partial charge is 0.397 e. The van der Waals surface area contributed by atoms with Gasteiger partial charge in [0.05, 0.1) is 22.7 Å². The van der Waals surface area contributed by atoms with Crippen LogP contribution >= 0.6 is 0 Å². The highest BCUT2D eigenvalue weighted by Crippen LogP contribution is 2.30. The Kier molecular flexibility index (Phi) is 2.64. The van der Waals surface area contributed by atoms with Crippen molar-refractivity contribution in [2.45, 2.75) is 0 Å². The smallest absolute Gasteiger partial charge is 0.0554 e. The molecule has 8 N–H and O–H groups in total. The molecular weight excluding hydrogens is 248 g/mol. The first-order valence-corrected chi connectivity index (χ1v) is 6.29. The molecule has 0 aliphatic heterocycles. The second-order valence-electron chi connectivity index (χ2n) is 4.89. The van der Waals surface area contributed by atoms with Crippen molar-refractivity contribution >= 4 is 33.5 Å². The molecule has 0 radical (unpaired) electrons. The third-order valence-electron chi connectivity index (χ3n) is 3.46. The number of hydrogen-bond donors (Lipinski definition) is 4. The number of anilines is 4. The summed E-state index contributed by atoms with van der Waals surface area (Å²) in [4.78, 5) is 0. The van der Waals surface area contributed by atoms with E-state index in [4.69, 9.17) is 22.9 Å². The summed E-state index contributed by atoms with van der Waals surface area (Å²) >= 11 is 0. The minimum atomic E-state index is 0.583. The van der Waals surface area contributed by atoms with E-state index in [1.165, 1.54) is 0 Å². The standard InChI is InChI=1S/C16H16N4/c17-13-4-3-10(6-14(13)18)9-1-2-11-7-15(19)16(20)8-12(11)5-9/h1-8H,17-20H2. The van der Waals surface area contributed by atoms with Crippen LogP contribution in [-0.2, 0) is 0 Å². The molecule has 0 heterocycles. The summed E-state index contributed by atoms with van der Waals surface area (Å²) in [5, 5.41) is 2.11. The van der Waals surface area contributed by atoms with Gasteiger partial charge in [0, 0.05) is 0 Å². The van der Waals surface area contributed by atoms with E-state index in [2.05, 4.69) is 6.07 Å². The molecule has 0 aromatic heterocycles. The molecule has 0 spiro atoms. The van der Waals surface area contributed by atoms with Gasteiger partial charge in [-0.1, -0.05) is 18.2 Å². The highest BCUT2D eigenvalue weighted by Gasteiger charge is 2.04. The molecule has 0 amide bonds. The van der Waals surface area contributed by atoms with Gasteiger partial charge in [-0.05, 0) is 52.2 Å². The molecule has 0 fully saturated rings. The molecule has 3 rings (SSSR count). The maximum atomic E-state index is 5.86. The zero-order chi connectivity index (χ0) is 14.3. The fraction of sp³-hybridized carbons (Fsp3) is 0. The van der Waals surface area contributed by atoms with Crippen LogP contribution in [0.15, 0.2) is 48.5 Å². The van der Waals surface area contributed by atoms with Crippen LogP contribution in [-0.4, -0.2) is 0 Å². The fourth-order valence-electron chi connectivity index (χ4n) is 2.27. The Labute approximate surface area is 117 Å². The molecular formula is C16H16N4. The minimum Gasteiger partial charge on any atom is -0.397 e. The number of nitrogens with two attached hydrogens (primary N) is 4. The molecule has 4 heteroatoms. The summed E-state index contributed by atoms with van der Waals surface area (Å²) in [6, 6.07) is 15.5. The Morgan fingerprint density at radius 3 is 1.70 bits per heavy atom. The van der Waals surface area contributed by atoms with Crippen LogP contribution in [0.1, 0.15) is 0 Å². The third-order valence-corrected chi connectivity index (χ3v) is 3.46. The van der Waals surface area contributed by atoms with E-state index in [-0.39, 0.29) is 0 Å². The molecule has 4 nitrogen and oxygen atoms in total. The number of rotatable bonds is 1. The van der Waals surface area contributed by atoms with Crippen LogP contribution < -0.4 is 22.9 Å². The van der Waals surface area contributed by atoms with Crippen molar-refractivity contribution in [3.05, 3.63) is 48.5 Å². The predicted octanol–water partition coefficient (Wildman–Crippen LogP) is 2.84. The van der Waals surface area contributed by atoms with Gasteiger partial charge < -0.3 is 22.9 Å². The molecule has 0 aliphatic carbocycles. The Morgan fingerprint density at radius 1 is 0.450 bits per heavy atom. The van der Waals surface area contributed by atoms with Crippen LogP contribution in [0.2, 0.25) is 0 Å². The SMILES string of the molecule is Nc1ccc(-c2ccc3cc(N)c(N)cc3c2)cc1N. The maximum Gasteiger partial charge on any atom is 0.0554 e. The molecule has 0 aliphatic rings. The Morgan fingerprint density at radius 2 is 1.00 bits per heavy atom. The summed E-state index contributed by atoms with van der Waals surface area (Å²) in [6.45, 7) is 0. The van der Waals surface area contributed by atoms with E-state index >= 15 is 0 Å². The van der Waals surface area contributed by atoms with Crippen LogP contribution in [0, 0.1) is 0 Å². The lowest BCUT2D eigenvalue weighted by Gasteiger charge is -2.08. The average Bonchev–Trinajstić information content (AvgIpc) is 2.43. The third kappa shape index (κ3) is 1.97. The predicted molar refractivity (Wildman–Crippen MR) is 87.0 cm³/mol. The molecule has 0 saturated heterocycles. The van der Waals surface area contributed by atoms with Crippen molar-refractivity contribution < 1.29 is 0 Å². The first kappa shape index (κ1) is 12.2. The molecule has 3 aromatic carbocycles. The second-order valence-corrected chi connectivity index (χ2v) is 4.89. The highest BCUT2D eigenvalue weighted by atomic mass is 14.7. The second kappa shape index (κ2) is 4.35. The summed E-state index contributed by atoms with van der Waals surface area (Å²) in [6.07, 6.45) is 0. The molecule has 0 saturated carbocycles. The molecule has 20 heavy (non-hydrogen) atoms. The average molecular weight is 264 g/mol. The molecule has 0 unspecified atom stereocenters. The minimum absolute atomic E-state index is 0.583. The zero-order valence-electron chi connectivity index (χ0n) is 10.9. The normalized spacial score (nSPS) is 10.8. The number of benzene rings is 3. The van der Waals surface area contributed by atoms with Gasteiger partial charge in [0.1, 0.15) is 0 Å². The van der Waals surface area contributed by atoms with E-state index in [9.17, 15) is 0 Å². The van der Waals surface area contributed by atoms with E-state index in [1.807, 2.05) is 42.5 Å². The van der Waals surface area contributed by atoms with Crippen LogP contribution in [0.25, 0.3) is 21.9 Å². The number of hydrogen-bond acceptors (Lipinski definition) is 4. The van der Waals surface area contributed by atoms with Crippen LogP contribution in [0.5, 0.6) is 0 Å². The Bertz CT molecular complexity index is 809. The van der Waals surface area contributed by atoms with Gasteiger partial charge in [0.2, 0.25) is 0 Å². The van der Waals surface area contributed by atoms with E-state index in [1.54, 1.807) is 0 Å². The Balaban J connectivity index is 2.17. The molecule has 0 bridgehead atoms. The lowest BCUT2D eigenvalue weighted by molar-refractivity contribution is 1.62. The zero-order valence-corrected chi connectivity index (χ0v) is 10.9. The van der Waals surface area contributed by atoms with E-state index in [0.717, 1.165) is 21.9 Å². The van der Waals surface area contributed by atoms with Crippen molar-refractivity contribution in [1.82, 2.24) is 0 Å². The molecule has 100 valence electrons. The van der Waals surface area contributed by atoms with Gasteiger partial charge in [-0.15, -0.1) is 0 Å². The summed E-state index contributed by atoms with van der Waals surface area (Å²) < 4.78 is 0. The summed E-state index contributed by atoms with van der Waals surface area (Å²) in [5.74, 6) is 0. The van der Waals surface area contributed by atoms with Gasteiger partial charge in [0.25, 0.3) is 0 Å². The van der Waals surface area contributed by atoms with Gasteiger partial charge in [-0.3, -0.25) is 0 Å². The first-order chi connectivity index (χ1) is 9.54. The van der Waals surface area contributed by atoms with E-state index in [0.29, 0.717) is 22.7 Å². The molecule has 0 atom stereocenters. The number of nitrogen functional groups attached to an aromatic ring is 4. The van der Waals surface area contributed by atoms with Gasteiger partial charge in [0.15, 0.2) is 0 Å². The van der Waals surface area contributed by atoms with Crippen LogP contribution in [0.4, 0.5) is 22.7 Å². The van der Waals surface area contributed by atoms with Gasteiger partial charge in [-0.25, -0.2) is 0 Å². The van der Waals surface area contributed by atoms with E-state index < -0.39 is 0 Å². The quantitative estimate of drug-likeness (QED) is 0.507. The summed E-state index contributed by atoms with van der Waals surface area (Å²) in [7, 11) is 0. The van der Waals surface area contributed by atoms with Crippen LogP contribution in [0.3, 0.4) is 0 Å². The Hall–Kier alpha value is -2.88. The maximum absolute atomic E-state index is 5.86. The first-order valence-electron chi connectivity index (χ1n) is 6.29. The summed E-state index contributed by atoms with van der Waals surface area (Å²) in [5.41, 5.74) is 27.7. The monoisotopic (exact) mass is 264 g/mol. The van der Waals surface area contributed by atoms with Crippen molar-refractivity contribution in [3.8, 4) is 11.1 Å². The highest BCUT2D eigenvalue weighted by molar-refractivity contribution is 5.94. The topological polar surface area (TPSA) is 104 Å². The number of fused-ring (bicyclic) bond motifs is 1. The van der Waals surface area contributed by atoms with Crippen molar-refractivity contribution in [3.63, 3.8) is 0 Å². The van der Waals surface area contributed by atoms with Crippen molar-refractivity contribution in [1.29, 1.82) is 0 Å². The lowest BCUT2D eigenvalue weighted by atomic mass is 10.00. The van der Waals surface area contributed by atoms with Crippen molar-refractivity contribution in [2.75, 3.05) is 22.9 Å². The van der Waals surface area contributed by atoms with Gasteiger partial charge >= 0.3 is 0 Å². The lowest BCUT2D eigenvalue weighted by Crippen LogP contribution is -1.95. The fourth-order valence-corrected chi connectivity index (χ4v) is 2.27. The van der Waals surface area contributed by atoms with Crippen molar-refractivity contribution in [2.24, 2.45) is 0 Å². The van der Waals surface area contributed by atoms with Gasteiger partial charge in [-0.2, -0.15) is 0 Å². The molecule has 3 aromatic rings.